The predicted molar refractivity (Wildman–Crippen MR) is 130 cm³/mol. The van der Waals surface area contributed by atoms with Crippen molar-refractivity contribution < 1.29 is 31.1 Å². The van der Waals surface area contributed by atoms with Crippen molar-refractivity contribution in [3.8, 4) is 11.5 Å². The summed E-state index contributed by atoms with van der Waals surface area (Å²) >= 11 is 0. The van der Waals surface area contributed by atoms with E-state index in [0.29, 0.717) is 34.0 Å². The van der Waals surface area contributed by atoms with Crippen LogP contribution in [0, 0.1) is 6.92 Å². The second kappa shape index (κ2) is 9.24. The highest BCUT2D eigenvalue weighted by Crippen LogP contribution is 2.34. The number of hydrogen-bond acceptors (Lipinski definition) is 5. The summed E-state index contributed by atoms with van der Waals surface area (Å²) in [5, 5.41) is 0.703. The summed E-state index contributed by atoms with van der Waals surface area (Å²) in [6.07, 6.45) is -4.72. The summed E-state index contributed by atoms with van der Waals surface area (Å²) in [7, 11) is -4.46. The van der Waals surface area contributed by atoms with Crippen molar-refractivity contribution >= 4 is 20.9 Å². The first-order chi connectivity index (χ1) is 17.5. The van der Waals surface area contributed by atoms with Gasteiger partial charge in [-0.05, 0) is 59.8 Å². The number of alkyl halides is 3. The topological polar surface area (TPSA) is 88.7 Å². The van der Waals surface area contributed by atoms with Crippen molar-refractivity contribution in [2.45, 2.75) is 31.1 Å². The first-order valence-corrected chi connectivity index (χ1v) is 12.6. The van der Waals surface area contributed by atoms with Crippen molar-refractivity contribution in [2.75, 3.05) is 6.79 Å². The third-order valence-electron chi connectivity index (χ3n) is 6.11. The van der Waals surface area contributed by atoms with Crippen molar-refractivity contribution in [2.24, 2.45) is 0 Å². The predicted octanol–water partition coefficient (Wildman–Crippen LogP) is 4.98. The number of H-pyrrole nitrogens is 1. The molecule has 0 fully saturated rings. The molecular weight excluding hydrogens is 509 g/mol. The number of aromatic nitrogens is 1. The highest BCUT2D eigenvalue weighted by Gasteiger charge is 2.33. The molecule has 11 heteroatoms. The fourth-order valence-electron chi connectivity index (χ4n) is 4.19. The maximum absolute atomic E-state index is 13.7. The molecule has 0 saturated heterocycles. The molecule has 192 valence electrons. The van der Waals surface area contributed by atoms with Gasteiger partial charge in [0.25, 0.3) is 5.56 Å². The van der Waals surface area contributed by atoms with Crippen molar-refractivity contribution in [1.82, 2.24) is 9.29 Å². The number of benzene rings is 3. The summed E-state index contributed by atoms with van der Waals surface area (Å²) in [5.41, 5.74) is 0.545. The van der Waals surface area contributed by atoms with Gasteiger partial charge in [-0.25, -0.2) is 8.42 Å². The lowest BCUT2D eigenvalue weighted by Gasteiger charge is -2.23. The Morgan fingerprint density at radius 1 is 0.946 bits per heavy atom. The number of rotatable bonds is 6. The molecular formula is C26H21F3N2O5S. The van der Waals surface area contributed by atoms with Gasteiger partial charge in [-0.1, -0.05) is 30.3 Å². The Hall–Kier alpha value is -3.83. The molecule has 2 heterocycles. The van der Waals surface area contributed by atoms with Gasteiger partial charge in [-0.2, -0.15) is 17.5 Å². The van der Waals surface area contributed by atoms with Crippen LogP contribution in [0.1, 0.15) is 22.3 Å². The van der Waals surface area contributed by atoms with E-state index in [0.717, 1.165) is 28.1 Å². The molecule has 0 radical (unpaired) electrons. The largest absolute Gasteiger partial charge is 0.454 e. The van der Waals surface area contributed by atoms with Gasteiger partial charge in [0.2, 0.25) is 16.8 Å². The molecule has 0 spiro atoms. The summed E-state index contributed by atoms with van der Waals surface area (Å²) in [5.74, 6) is 0.922. The fourth-order valence-corrected chi connectivity index (χ4v) is 5.64. The maximum atomic E-state index is 13.7. The second-order valence-electron chi connectivity index (χ2n) is 8.65. The van der Waals surface area contributed by atoms with E-state index in [1.54, 1.807) is 30.3 Å². The Bertz CT molecular complexity index is 1670. The molecule has 5 rings (SSSR count). The van der Waals surface area contributed by atoms with E-state index in [-0.39, 0.29) is 25.4 Å². The van der Waals surface area contributed by atoms with Crippen LogP contribution in [0.15, 0.2) is 76.4 Å². The summed E-state index contributed by atoms with van der Waals surface area (Å²) in [4.78, 5) is 15.2. The molecule has 1 N–H and O–H groups in total. The number of nitrogens with zero attached hydrogens (tertiary/aromatic N) is 1. The lowest BCUT2D eigenvalue weighted by molar-refractivity contribution is -0.137. The molecule has 37 heavy (non-hydrogen) atoms. The van der Waals surface area contributed by atoms with Crippen LogP contribution in [-0.4, -0.2) is 24.5 Å². The molecule has 0 amide bonds. The van der Waals surface area contributed by atoms with Gasteiger partial charge in [-0.3, -0.25) is 4.79 Å². The van der Waals surface area contributed by atoms with E-state index in [4.69, 9.17) is 9.47 Å². The molecule has 3 aromatic carbocycles. The highest BCUT2D eigenvalue weighted by molar-refractivity contribution is 7.89. The zero-order valence-corrected chi connectivity index (χ0v) is 20.3. The number of fused-ring (bicyclic) bond motifs is 2. The Morgan fingerprint density at radius 3 is 2.49 bits per heavy atom. The molecule has 1 aliphatic heterocycles. The second-order valence-corrected chi connectivity index (χ2v) is 10.6. The zero-order chi connectivity index (χ0) is 26.4. The van der Waals surface area contributed by atoms with Gasteiger partial charge in [0.05, 0.1) is 16.0 Å². The van der Waals surface area contributed by atoms with E-state index in [9.17, 15) is 26.4 Å². The monoisotopic (exact) mass is 530 g/mol. The Labute approximate surface area is 210 Å². The molecule has 0 aliphatic carbocycles. The van der Waals surface area contributed by atoms with Gasteiger partial charge in [-0.15, -0.1) is 0 Å². The van der Waals surface area contributed by atoms with Crippen molar-refractivity contribution in [3.05, 3.63) is 99.3 Å². The number of hydrogen-bond donors (Lipinski definition) is 1. The van der Waals surface area contributed by atoms with E-state index in [2.05, 4.69) is 4.98 Å². The summed E-state index contributed by atoms with van der Waals surface area (Å²) < 4.78 is 79.0. The van der Waals surface area contributed by atoms with Crippen molar-refractivity contribution in [1.29, 1.82) is 0 Å². The van der Waals surface area contributed by atoms with Crippen molar-refractivity contribution in [3.63, 3.8) is 0 Å². The van der Waals surface area contributed by atoms with Crippen LogP contribution in [0.2, 0.25) is 0 Å². The number of ether oxygens (including phenoxy) is 2. The van der Waals surface area contributed by atoms with E-state index in [1.807, 2.05) is 19.1 Å². The Kier molecular flexibility index (Phi) is 6.20. The van der Waals surface area contributed by atoms with Crippen LogP contribution in [0.5, 0.6) is 11.5 Å². The highest BCUT2D eigenvalue weighted by atomic mass is 32.2. The van der Waals surface area contributed by atoms with Crippen LogP contribution in [0.4, 0.5) is 13.2 Å². The third-order valence-corrected chi connectivity index (χ3v) is 7.89. The summed E-state index contributed by atoms with van der Waals surface area (Å²) in [6, 6.07) is 15.4. The minimum absolute atomic E-state index is 0.0247. The molecule has 0 unspecified atom stereocenters. The normalized spacial score (nSPS) is 13.4. The maximum Gasteiger partial charge on any atom is 0.416 e. The first-order valence-electron chi connectivity index (χ1n) is 11.2. The number of pyridine rings is 1. The number of para-hydroxylation sites is 1. The van der Waals surface area contributed by atoms with Crippen LogP contribution in [0.3, 0.4) is 0 Å². The smallest absolute Gasteiger partial charge is 0.416 e. The number of halogens is 3. The molecule has 0 atom stereocenters. The minimum atomic E-state index is -4.72. The van der Waals surface area contributed by atoms with E-state index in [1.165, 1.54) is 0 Å². The quantitative estimate of drug-likeness (QED) is 0.380. The number of sulfonamides is 1. The Balaban J connectivity index is 1.58. The number of nitrogens with one attached hydrogen (secondary N) is 1. The van der Waals surface area contributed by atoms with Crippen LogP contribution >= 0.6 is 0 Å². The van der Waals surface area contributed by atoms with E-state index < -0.39 is 32.2 Å². The molecule has 1 aromatic heterocycles. The van der Waals surface area contributed by atoms with Gasteiger partial charge in [0, 0.05) is 18.7 Å². The third kappa shape index (κ3) is 4.92. The SMILES string of the molecule is Cc1cccc2cc(CN(Cc3ccc4c(c3)OCO4)S(=O)(=O)c3cccc(C(F)(F)F)c3)c(=O)[nH]c12. The van der Waals surface area contributed by atoms with Gasteiger partial charge in [0.1, 0.15) is 0 Å². The zero-order valence-electron chi connectivity index (χ0n) is 19.5. The number of aromatic amines is 1. The lowest BCUT2D eigenvalue weighted by Crippen LogP contribution is -2.32. The fraction of sp³-hybridized carbons (Fsp3) is 0.192. The van der Waals surface area contributed by atoms with Gasteiger partial charge in [0.15, 0.2) is 11.5 Å². The van der Waals surface area contributed by atoms with Crippen LogP contribution < -0.4 is 15.0 Å². The first kappa shape index (κ1) is 24.8. The molecule has 4 aromatic rings. The minimum Gasteiger partial charge on any atom is -0.454 e. The molecule has 0 bridgehead atoms. The van der Waals surface area contributed by atoms with Crippen LogP contribution in [0.25, 0.3) is 10.9 Å². The van der Waals surface area contributed by atoms with Gasteiger partial charge < -0.3 is 14.5 Å². The van der Waals surface area contributed by atoms with E-state index >= 15 is 0 Å². The van der Waals surface area contributed by atoms with Crippen LogP contribution in [-0.2, 0) is 29.3 Å². The lowest BCUT2D eigenvalue weighted by atomic mass is 10.1. The Morgan fingerprint density at radius 2 is 1.70 bits per heavy atom. The average Bonchev–Trinajstić information content (AvgIpc) is 3.32. The summed E-state index contributed by atoms with van der Waals surface area (Å²) in [6.45, 7) is 1.27. The standard InChI is InChI=1S/C26H21F3N2O5S/c1-16-4-2-5-18-11-19(25(32)30-24(16)18)14-31(13-17-8-9-22-23(10-17)36-15-35-22)37(33,34)21-7-3-6-20(12-21)26(27,28)29/h2-12H,13-15H2,1H3,(H,30,32). The average molecular weight is 531 g/mol. The molecule has 1 aliphatic rings. The van der Waals surface area contributed by atoms with Gasteiger partial charge >= 0.3 is 6.18 Å². The molecule has 7 nitrogen and oxygen atoms in total. The number of aryl methyl sites for hydroxylation is 1. The molecule has 0 saturated carbocycles.